The Kier molecular flexibility index (Phi) is 3.17. The predicted octanol–water partition coefficient (Wildman–Crippen LogP) is 1.47. The van der Waals surface area contributed by atoms with Crippen molar-refractivity contribution in [2.75, 3.05) is 11.9 Å². The van der Waals surface area contributed by atoms with Crippen molar-refractivity contribution in [3.8, 4) is 0 Å². The second-order valence-corrected chi connectivity index (χ2v) is 4.50. The number of rotatable bonds is 3. The minimum atomic E-state index is 0.110. The van der Waals surface area contributed by atoms with Crippen LogP contribution in [0.25, 0.3) is 0 Å². The van der Waals surface area contributed by atoms with Crippen LogP contribution in [0.5, 0.6) is 0 Å². The lowest BCUT2D eigenvalue weighted by Crippen LogP contribution is -2.39. The van der Waals surface area contributed by atoms with Gasteiger partial charge >= 0.3 is 0 Å². The fourth-order valence-electron chi connectivity index (χ4n) is 2.01. The monoisotopic (exact) mass is 234 g/mol. The van der Waals surface area contributed by atoms with E-state index in [0.29, 0.717) is 11.6 Å². The molecule has 0 spiro atoms. The van der Waals surface area contributed by atoms with Gasteiger partial charge in [-0.25, -0.2) is 4.98 Å². The molecule has 0 aliphatic heterocycles. The summed E-state index contributed by atoms with van der Waals surface area (Å²) in [7, 11) is 2.01. The quantitative estimate of drug-likeness (QED) is 0.359. The highest BCUT2D eigenvalue weighted by atomic mass is 16.4. The van der Waals surface area contributed by atoms with E-state index in [0.717, 1.165) is 11.5 Å². The Morgan fingerprint density at radius 2 is 2.24 bits per heavy atom. The molecule has 0 radical (unpaired) electrons. The number of amidine groups is 1. The molecule has 0 amide bonds. The summed E-state index contributed by atoms with van der Waals surface area (Å²) in [6, 6.07) is 4.24. The van der Waals surface area contributed by atoms with Gasteiger partial charge in [-0.15, -0.1) is 0 Å². The first-order valence-electron chi connectivity index (χ1n) is 5.82. The van der Waals surface area contributed by atoms with Gasteiger partial charge in [0.2, 0.25) is 0 Å². The Morgan fingerprint density at radius 3 is 2.76 bits per heavy atom. The van der Waals surface area contributed by atoms with Gasteiger partial charge in [-0.05, 0) is 38.3 Å². The standard InChI is InChI=1S/C12H18N4O/c1-8-6-7-10(11(13)15-17)12(14-8)16(2)9-4-3-5-9/h6-7,9,17H,3-5H2,1-2H3,(H2,13,15). The molecule has 1 heterocycles. The van der Waals surface area contributed by atoms with E-state index in [1.165, 1.54) is 19.3 Å². The maximum atomic E-state index is 8.79. The van der Waals surface area contributed by atoms with E-state index in [9.17, 15) is 0 Å². The van der Waals surface area contributed by atoms with Crippen LogP contribution >= 0.6 is 0 Å². The van der Waals surface area contributed by atoms with E-state index in [1.807, 2.05) is 26.1 Å². The van der Waals surface area contributed by atoms with Gasteiger partial charge in [-0.2, -0.15) is 0 Å². The SMILES string of the molecule is Cc1ccc(/C(N)=N/O)c(N(C)C2CCC2)n1. The van der Waals surface area contributed by atoms with Crippen molar-refractivity contribution in [1.29, 1.82) is 0 Å². The van der Waals surface area contributed by atoms with Gasteiger partial charge in [-0.3, -0.25) is 0 Å². The molecule has 0 aromatic carbocycles. The van der Waals surface area contributed by atoms with Crippen LogP contribution in [0.1, 0.15) is 30.5 Å². The summed E-state index contributed by atoms with van der Waals surface area (Å²) in [5, 5.41) is 11.9. The van der Waals surface area contributed by atoms with Gasteiger partial charge in [0, 0.05) is 18.8 Å². The Balaban J connectivity index is 2.38. The number of aryl methyl sites for hydroxylation is 1. The summed E-state index contributed by atoms with van der Waals surface area (Å²) < 4.78 is 0. The third kappa shape index (κ3) is 2.18. The van der Waals surface area contributed by atoms with Crippen LogP contribution < -0.4 is 10.6 Å². The van der Waals surface area contributed by atoms with Crippen LogP contribution in [0.3, 0.4) is 0 Å². The second kappa shape index (κ2) is 4.61. The normalized spacial score (nSPS) is 16.7. The van der Waals surface area contributed by atoms with E-state index in [2.05, 4.69) is 15.0 Å². The summed E-state index contributed by atoms with van der Waals surface area (Å²) in [4.78, 5) is 6.63. The highest BCUT2D eigenvalue weighted by molar-refractivity contribution is 6.01. The number of nitrogens with zero attached hydrogens (tertiary/aromatic N) is 3. The molecule has 1 aliphatic rings. The first kappa shape index (κ1) is 11.7. The van der Waals surface area contributed by atoms with Gasteiger partial charge in [0.05, 0.1) is 5.56 Å². The van der Waals surface area contributed by atoms with Crippen molar-refractivity contribution < 1.29 is 5.21 Å². The summed E-state index contributed by atoms with van der Waals surface area (Å²) in [5.74, 6) is 0.906. The van der Waals surface area contributed by atoms with Gasteiger partial charge in [0.25, 0.3) is 0 Å². The Bertz CT molecular complexity index is 440. The van der Waals surface area contributed by atoms with Crippen LogP contribution in [-0.4, -0.2) is 29.1 Å². The molecule has 1 aliphatic carbocycles. The zero-order valence-electron chi connectivity index (χ0n) is 10.2. The largest absolute Gasteiger partial charge is 0.409 e. The van der Waals surface area contributed by atoms with Crippen LogP contribution in [0.2, 0.25) is 0 Å². The van der Waals surface area contributed by atoms with E-state index in [1.54, 1.807) is 0 Å². The molecule has 3 N–H and O–H groups in total. The average molecular weight is 234 g/mol. The third-order valence-corrected chi connectivity index (χ3v) is 3.35. The highest BCUT2D eigenvalue weighted by Gasteiger charge is 2.25. The zero-order chi connectivity index (χ0) is 12.4. The van der Waals surface area contributed by atoms with E-state index in [4.69, 9.17) is 10.9 Å². The third-order valence-electron chi connectivity index (χ3n) is 3.35. The number of anilines is 1. The van der Waals surface area contributed by atoms with Crippen molar-refractivity contribution >= 4 is 11.7 Å². The molecule has 5 nitrogen and oxygen atoms in total. The molecule has 1 fully saturated rings. The molecular formula is C12H18N4O. The molecule has 1 aromatic rings. The smallest absolute Gasteiger partial charge is 0.173 e. The first-order valence-corrected chi connectivity index (χ1v) is 5.82. The lowest BCUT2D eigenvalue weighted by Gasteiger charge is -2.36. The van der Waals surface area contributed by atoms with Crippen molar-refractivity contribution in [1.82, 2.24) is 4.98 Å². The molecule has 0 unspecified atom stereocenters. The summed E-state index contributed by atoms with van der Waals surface area (Å²) in [5.41, 5.74) is 7.29. The number of aromatic nitrogens is 1. The van der Waals surface area contributed by atoms with E-state index in [-0.39, 0.29) is 5.84 Å². The molecule has 0 bridgehead atoms. The number of nitrogens with two attached hydrogens (primary N) is 1. The highest BCUT2D eigenvalue weighted by Crippen LogP contribution is 2.29. The minimum absolute atomic E-state index is 0.110. The van der Waals surface area contributed by atoms with Gasteiger partial charge in [0.1, 0.15) is 5.82 Å². The number of hydrogen-bond acceptors (Lipinski definition) is 4. The predicted molar refractivity (Wildman–Crippen MR) is 67.5 cm³/mol. The Hall–Kier alpha value is -1.78. The molecule has 17 heavy (non-hydrogen) atoms. The van der Waals surface area contributed by atoms with Crippen LogP contribution in [0.4, 0.5) is 5.82 Å². The fourth-order valence-corrected chi connectivity index (χ4v) is 2.01. The fraction of sp³-hybridized carbons (Fsp3) is 0.500. The molecular weight excluding hydrogens is 216 g/mol. The molecule has 1 aromatic heterocycles. The number of pyridine rings is 1. The van der Waals surface area contributed by atoms with Crippen LogP contribution in [-0.2, 0) is 0 Å². The Morgan fingerprint density at radius 1 is 1.53 bits per heavy atom. The zero-order valence-corrected chi connectivity index (χ0v) is 10.2. The van der Waals surface area contributed by atoms with Crippen molar-refractivity contribution in [3.05, 3.63) is 23.4 Å². The molecule has 92 valence electrons. The summed E-state index contributed by atoms with van der Waals surface area (Å²) >= 11 is 0. The van der Waals surface area contributed by atoms with Gasteiger partial charge in [0.15, 0.2) is 5.84 Å². The van der Waals surface area contributed by atoms with Crippen LogP contribution in [0, 0.1) is 6.92 Å². The number of hydrogen-bond donors (Lipinski definition) is 2. The average Bonchev–Trinajstić information content (AvgIpc) is 2.25. The molecule has 5 heteroatoms. The minimum Gasteiger partial charge on any atom is -0.409 e. The topological polar surface area (TPSA) is 74.7 Å². The number of oxime groups is 1. The summed E-state index contributed by atoms with van der Waals surface area (Å²) in [6.45, 7) is 1.94. The van der Waals surface area contributed by atoms with Gasteiger partial charge < -0.3 is 15.8 Å². The summed E-state index contributed by atoms with van der Waals surface area (Å²) in [6.07, 6.45) is 3.63. The van der Waals surface area contributed by atoms with Crippen LogP contribution in [0.15, 0.2) is 17.3 Å². The van der Waals surface area contributed by atoms with E-state index < -0.39 is 0 Å². The molecule has 0 atom stereocenters. The van der Waals surface area contributed by atoms with Gasteiger partial charge in [-0.1, -0.05) is 5.16 Å². The molecule has 0 saturated heterocycles. The van der Waals surface area contributed by atoms with Crippen molar-refractivity contribution in [2.45, 2.75) is 32.2 Å². The lowest BCUT2D eigenvalue weighted by atomic mass is 9.91. The maximum Gasteiger partial charge on any atom is 0.173 e. The lowest BCUT2D eigenvalue weighted by molar-refractivity contribution is 0.318. The van der Waals surface area contributed by atoms with E-state index >= 15 is 0 Å². The molecule has 2 rings (SSSR count). The van der Waals surface area contributed by atoms with Crippen molar-refractivity contribution in [2.24, 2.45) is 10.9 Å². The maximum absolute atomic E-state index is 8.79. The first-order chi connectivity index (χ1) is 8.13. The Labute approximate surface area is 101 Å². The molecule has 1 saturated carbocycles. The van der Waals surface area contributed by atoms with Crippen molar-refractivity contribution in [3.63, 3.8) is 0 Å². The second-order valence-electron chi connectivity index (χ2n) is 4.50.